The van der Waals surface area contributed by atoms with Crippen LogP contribution in [0.5, 0.6) is 11.5 Å². The molecule has 3 aliphatic rings. The largest absolute Gasteiger partial charge is 0.506 e. The first-order chi connectivity index (χ1) is 16.0. The number of benzene rings is 2. The van der Waals surface area contributed by atoms with Crippen molar-refractivity contribution in [3.63, 3.8) is 0 Å². The zero-order valence-corrected chi connectivity index (χ0v) is 20.5. The molecule has 0 aromatic heterocycles. The number of carbonyl (C=O) groups excluding carboxylic acids is 2. The van der Waals surface area contributed by atoms with Crippen LogP contribution in [0.15, 0.2) is 46.7 Å². The molecule has 2 aromatic rings. The summed E-state index contributed by atoms with van der Waals surface area (Å²) in [4.78, 5) is 24.7. The van der Waals surface area contributed by atoms with Gasteiger partial charge in [-0.25, -0.2) is 4.79 Å². The first kappa shape index (κ1) is 23.4. The minimum Gasteiger partial charge on any atom is -0.506 e. The molecule has 2 aromatic carbocycles. The number of aromatic hydroxyl groups is 1. The lowest BCUT2D eigenvalue weighted by Crippen LogP contribution is -2.50. The number of hydrogen-bond acceptors (Lipinski definition) is 6. The maximum Gasteiger partial charge on any atom is 0.339 e. The van der Waals surface area contributed by atoms with Crippen molar-refractivity contribution in [1.82, 2.24) is 0 Å². The molecule has 5 rings (SSSR count). The number of ether oxygens (including phenoxy) is 2. The van der Waals surface area contributed by atoms with Gasteiger partial charge in [-0.15, -0.1) is 0 Å². The van der Waals surface area contributed by atoms with Gasteiger partial charge < -0.3 is 24.5 Å². The fraction of sp³-hybridized carbons (Fsp3) is 0.250. The van der Waals surface area contributed by atoms with Gasteiger partial charge in [-0.05, 0) is 37.1 Å². The maximum atomic E-state index is 13.1. The number of ketones is 1. The van der Waals surface area contributed by atoms with E-state index in [1.165, 1.54) is 25.1 Å². The molecule has 2 N–H and O–H groups in total. The molecule has 3 unspecified atom stereocenters. The number of halogens is 4. The molecule has 0 bridgehead atoms. The second kappa shape index (κ2) is 8.09. The predicted molar refractivity (Wildman–Crippen MR) is 127 cm³/mol. The molecule has 176 valence electrons. The van der Waals surface area contributed by atoms with Gasteiger partial charge in [-0.3, -0.25) is 0 Å². The van der Waals surface area contributed by atoms with Crippen molar-refractivity contribution in [2.45, 2.75) is 31.5 Å². The molecule has 1 spiro atoms. The summed E-state index contributed by atoms with van der Waals surface area (Å²) in [5.74, 6) is -1.74. The van der Waals surface area contributed by atoms with E-state index < -0.39 is 23.6 Å². The number of fused-ring (bicyclic) bond motifs is 6. The molecule has 0 fully saturated rings. The van der Waals surface area contributed by atoms with Crippen molar-refractivity contribution in [3.05, 3.63) is 78.5 Å². The van der Waals surface area contributed by atoms with E-state index in [0.29, 0.717) is 16.7 Å². The Kier molecular flexibility index (Phi) is 5.56. The standard InChI is InChI=1S/C24H16Cl4O6/c1-9(29)2-3-10-4-14-22(20(28)21(10)31)33-19-8-18(30)17(27)7-13(19)24(14)12-6-16(26)15(25)5-11(12)23(32)34-24/h4-8,14,22,30-31H,2-3H2,1H3. The van der Waals surface area contributed by atoms with Gasteiger partial charge in [-0.2, -0.15) is 0 Å². The van der Waals surface area contributed by atoms with Crippen LogP contribution in [0.25, 0.3) is 0 Å². The van der Waals surface area contributed by atoms with Gasteiger partial charge in [0.15, 0.2) is 5.60 Å². The summed E-state index contributed by atoms with van der Waals surface area (Å²) in [7, 11) is 0. The van der Waals surface area contributed by atoms with Gasteiger partial charge in [0, 0.05) is 23.6 Å². The third-order valence-corrected chi connectivity index (χ3v) is 7.76. The Morgan fingerprint density at radius 2 is 1.71 bits per heavy atom. The number of phenolic OH excluding ortho intramolecular Hbond substituents is 1. The van der Waals surface area contributed by atoms with Gasteiger partial charge in [0.05, 0.1) is 26.5 Å². The number of carbonyl (C=O) groups is 2. The number of esters is 1. The van der Waals surface area contributed by atoms with Gasteiger partial charge in [0.2, 0.25) is 0 Å². The number of phenols is 1. The number of Topliss-reactive ketones (excluding diaryl/α,β-unsaturated/α-hetero) is 1. The smallest absolute Gasteiger partial charge is 0.339 e. The highest BCUT2D eigenvalue weighted by molar-refractivity contribution is 6.42. The molecule has 2 aliphatic heterocycles. The third-order valence-electron chi connectivity index (χ3n) is 6.34. The van der Waals surface area contributed by atoms with Crippen LogP contribution in [0.4, 0.5) is 0 Å². The third kappa shape index (κ3) is 3.31. The van der Waals surface area contributed by atoms with E-state index in [0.717, 1.165) is 0 Å². The zero-order valence-electron chi connectivity index (χ0n) is 17.5. The first-order valence-electron chi connectivity index (χ1n) is 10.3. The van der Waals surface area contributed by atoms with Gasteiger partial charge in [0.25, 0.3) is 0 Å². The summed E-state index contributed by atoms with van der Waals surface area (Å²) >= 11 is 25.3. The fourth-order valence-corrected chi connectivity index (χ4v) is 5.56. The Morgan fingerprint density at radius 1 is 1.03 bits per heavy atom. The molecule has 0 saturated carbocycles. The SMILES string of the molecule is CC(=O)CCC1=CC2C(Oc3cc(O)c(Cl)cc3C23OC(=O)c2cc(Cl)c(Cl)cc23)C(Cl)=C1O. The van der Waals surface area contributed by atoms with Crippen molar-refractivity contribution in [2.24, 2.45) is 5.92 Å². The number of aliphatic hydroxyl groups excluding tert-OH is 1. The molecular weight excluding hydrogens is 526 g/mol. The van der Waals surface area contributed by atoms with Crippen LogP contribution < -0.4 is 4.74 Å². The minimum absolute atomic E-state index is 0.0184. The highest BCUT2D eigenvalue weighted by Gasteiger charge is 2.60. The molecule has 0 saturated heterocycles. The Balaban J connectivity index is 1.81. The van der Waals surface area contributed by atoms with Crippen molar-refractivity contribution < 1.29 is 29.3 Å². The summed E-state index contributed by atoms with van der Waals surface area (Å²) in [6.45, 7) is 1.45. The van der Waals surface area contributed by atoms with E-state index in [4.69, 9.17) is 55.9 Å². The molecule has 0 amide bonds. The Morgan fingerprint density at radius 3 is 2.41 bits per heavy atom. The second-order valence-corrected chi connectivity index (χ2v) is 10.0. The van der Waals surface area contributed by atoms with E-state index in [1.54, 1.807) is 12.1 Å². The normalized spacial score (nSPS) is 24.7. The Hall–Kier alpha value is -2.38. The first-order valence-corrected chi connectivity index (χ1v) is 11.8. The molecule has 10 heteroatoms. The van der Waals surface area contributed by atoms with E-state index in [2.05, 4.69) is 0 Å². The number of rotatable bonds is 3. The monoisotopic (exact) mass is 540 g/mol. The summed E-state index contributed by atoms with van der Waals surface area (Å²) < 4.78 is 12.2. The topological polar surface area (TPSA) is 93.1 Å². The van der Waals surface area contributed by atoms with Gasteiger partial charge in [-0.1, -0.05) is 52.5 Å². The molecule has 3 atom stereocenters. The highest BCUT2D eigenvalue weighted by Crippen LogP contribution is 2.59. The average molecular weight is 542 g/mol. The maximum absolute atomic E-state index is 13.1. The second-order valence-electron chi connectivity index (χ2n) is 8.39. The fourth-order valence-electron chi connectivity index (χ4n) is 4.77. The predicted octanol–water partition coefficient (Wildman–Crippen LogP) is 6.46. The molecule has 2 heterocycles. The minimum atomic E-state index is -1.50. The van der Waals surface area contributed by atoms with Crippen LogP contribution in [-0.2, 0) is 15.1 Å². The van der Waals surface area contributed by atoms with Crippen LogP contribution in [0.2, 0.25) is 15.1 Å². The van der Waals surface area contributed by atoms with Crippen LogP contribution in [-0.4, -0.2) is 28.1 Å². The Labute approximate surface area is 214 Å². The van der Waals surface area contributed by atoms with Crippen molar-refractivity contribution in [1.29, 1.82) is 0 Å². The van der Waals surface area contributed by atoms with Crippen LogP contribution >= 0.6 is 46.4 Å². The zero-order chi connectivity index (χ0) is 24.5. The van der Waals surface area contributed by atoms with E-state index >= 15 is 0 Å². The van der Waals surface area contributed by atoms with Crippen molar-refractivity contribution in [2.75, 3.05) is 0 Å². The van der Waals surface area contributed by atoms with Gasteiger partial charge >= 0.3 is 5.97 Å². The highest BCUT2D eigenvalue weighted by atomic mass is 35.5. The molecule has 34 heavy (non-hydrogen) atoms. The van der Waals surface area contributed by atoms with Crippen molar-refractivity contribution in [3.8, 4) is 11.5 Å². The van der Waals surface area contributed by atoms with E-state index in [9.17, 15) is 19.8 Å². The van der Waals surface area contributed by atoms with Crippen LogP contribution in [0, 0.1) is 5.92 Å². The van der Waals surface area contributed by atoms with E-state index in [1.807, 2.05) is 0 Å². The molecule has 0 radical (unpaired) electrons. The quantitative estimate of drug-likeness (QED) is 0.433. The number of aliphatic hydroxyl groups is 1. The summed E-state index contributed by atoms with van der Waals surface area (Å²) in [6.07, 6.45) is 1.13. The summed E-state index contributed by atoms with van der Waals surface area (Å²) in [5.41, 5.74) is -0.0872. The summed E-state index contributed by atoms with van der Waals surface area (Å²) in [6, 6.07) is 5.74. The van der Waals surface area contributed by atoms with Crippen LogP contribution in [0.1, 0.15) is 41.3 Å². The lowest BCUT2D eigenvalue weighted by atomic mass is 9.69. The Bertz CT molecular complexity index is 1350. The number of allylic oxidation sites excluding steroid dienone is 1. The molecule has 1 aliphatic carbocycles. The number of hydrogen-bond donors (Lipinski definition) is 2. The summed E-state index contributed by atoms with van der Waals surface area (Å²) in [5, 5.41) is 21.4. The van der Waals surface area contributed by atoms with Crippen molar-refractivity contribution >= 4 is 58.2 Å². The molecular formula is C24H16Cl4O6. The lowest BCUT2D eigenvalue weighted by molar-refractivity contribution is -0.116. The lowest BCUT2D eigenvalue weighted by Gasteiger charge is -2.46. The van der Waals surface area contributed by atoms with Gasteiger partial charge in [0.1, 0.15) is 34.2 Å². The average Bonchev–Trinajstić information content (AvgIpc) is 3.04. The molecule has 6 nitrogen and oxygen atoms in total. The van der Waals surface area contributed by atoms with Crippen LogP contribution in [0.3, 0.4) is 0 Å². The van der Waals surface area contributed by atoms with E-state index in [-0.39, 0.29) is 61.5 Å².